The number of nitrogens with zero attached hydrogens (tertiary/aromatic N) is 1. The molecule has 1 heterocycles. The molecule has 18 heavy (non-hydrogen) atoms. The molecule has 0 saturated carbocycles. The molecule has 96 valence electrons. The third-order valence-electron chi connectivity index (χ3n) is 2.94. The first-order chi connectivity index (χ1) is 8.58. The number of aliphatic hydroxyl groups is 1. The zero-order valence-electron chi connectivity index (χ0n) is 9.61. The van der Waals surface area contributed by atoms with Crippen LogP contribution < -0.4 is 0 Å². The van der Waals surface area contributed by atoms with E-state index in [4.69, 9.17) is 0 Å². The summed E-state index contributed by atoms with van der Waals surface area (Å²) in [7, 11) is 0. The second-order valence-corrected chi connectivity index (χ2v) is 5.54. The number of carbonyl (C=O) groups excluding carboxylic acids is 1. The summed E-state index contributed by atoms with van der Waals surface area (Å²) < 4.78 is 0. The van der Waals surface area contributed by atoms with Gasteiger partial charge in [-0.05, 0) is 17.7 Å². The van der Waals surface area contributed by atoms with E-state index >= 15 is 0 Å². The Labute approximate surface area is 108 Å². The molecule has 1 fully saturated rings. The average molecular weight is 267 g/mol. The number of nitro benzene ring substituents is 1. The van der Waals surface area contributed by atoms with E-state index in [1.807, 2.05) is 0 Å². The van der Waals surface area contributed by atoms with Crippen molar-refractivity contribution in [1.29, 1.82) is 0 Å². The predicted octanol–water partition coefficient (Wildman–Crippen LogP) is 2.09. The minimum absolute atomic E-state index is 0.00155. The van der Waals surface area contributed by atoms with E-state index in [-0.39, 0.29) is 16.7 Å². The zero-order valence-corrected chi connectivity index (χ0v) is 10.4. The summed E-state index contributed by atoms with van der Waals surface area (Å²) >= 11 is 1.58. The maximum atomic E-state index is 11.3. The molecule has 0 aromatic heterocycles. The van der Waals surface area contributed by atoms with Crippen molar-refractivity contribution < 1.29 is 14.8 Å². The zero-order chi connectivity index (χ0) is 13.1. The Morgan fingerprint density at radius 2 is 2.06 bits per heavy atom. The monoisotopic (exact) mass is 267 g/mol. The minimum Gasteiger partial charge on any atom is -0.387 e. The summed E-state index contributed by atoms with van der Waals surface area (Å²) in [6.07, 6.45) is 0.178. The number of hydrogen-bond donors (Lipinski definition) is 1. The fraction of sp³-hybridized carbons (Fsp3) is 0.417. The van der Waals surface area contributed by atoms with Crippen LogP contribution in [0.2, 0.25) is 0 Å². The number of aliphatic hydroxyl groups excluding tert-OH is 1. The number of benzene rings is 1. The Hall–Kier alpha value is -1.40. The van der Waals surface area contributed by atoms with Gasteiger partial charge in [-0.2, -0.15) is 11.8 Å². The van der Waals surface area contributed by atoms with Crippen molar-refractivity contribution in [3.63, 3.8) is 0 Å². The quantitative estimate of drug-likeness (QED) is 0.670. The molecule has 1 aliphatic heterocycles. The molecule has 1 aliphatic rings. The van der Waals surface area contributed by atoms with Crippen LogP contribution >= 0.6 is 11.8 Å². The standard InChI is InChI=1S/C12H13NO4S/c14-10-5-6-18-11(7-10)12(15)8-1-3-9(4-2-8)13(16)17/h1-4,11-12,15H,5-7H2/t11-,12+/m0/s1. The lowest BCUT2D eigenvalue weighted by molar-refractivity contribution is -0.384. The molecule has 0 radical (unpaired) electrons. The largest absolute Gasteiger partial charge is 0.387 e. The molecule has 0 bridgehead atoms. The van der Waals surface area contributed by atoms with Crippen molar-refractivity contribution in [3.8, 4) is 0 Å². The third-order valence-corrected chi connectivity index (χ3v) is 4.23. The maximum absolute atomic E-state index is 11.3. The van der Waals surface area contributed by atoms with Gasteiger partial charge >= 0.3 is 0 Å². The lowest BCUT2D eigenvalue weighted by Crippen LogP contribution is -2.24. The molecule has 2 atom stereocenters. The average Bonchev–Trinajstić information content (AvgIpc) is 2.38. The molecule has 1 N–H and O–H groups in total. The molecule has 1 aromatic carbocycles. The smallest absolute Gasteiger partial charge is 0.269 e. The van der Waals surface area contributed by atoms with Crippen LogP contribution in [0.4, 0.5) is 5.69 Å². The van der Waals surface area contributed by atoms with E-state index in [1.54, 1.807) is 23.9 Å². The predicted molar refractivity (Wildman–Crippen MR) is 68.5 cm³/mol. The van der Waals surface area contributed by atoms with Gasteiger partial charge in [0.25, 0.3) is 5.69 Å². The van der Waals surface area contributed by atoms with Gasteiger partial charge in [-0.25, -0.2) is 0 Å². The molecule has 6 heteroatoms. The van der Waals surface area contributed by atoms with Crippen LogP contribution in [0.1, 0.15) is 24.5 Å². The van der Waals surface area contributed by atoms with Crippen LogP contribution in [0, 0.1) is 10.1 Å². The molecule has 0 aliphatic carbocycles. The van der Waals surface area contributed by atoms with Gasteiger partial charge in [0.15, 0.2) is 0 Å². The fourth-order valence-corrected chi connectivity index (χ4v) is 3.21. The highest BCUT2D eigenvalue weighted by Crippen LogP contribution is 2.33. The normalized spacial score (nSPS) is 21.6. The highest BCUT2D eigenvalue weighted by molar-refractivity contribution is 8.00. The van der Waals surface area contributed by atoms with Gasteiger partial charge in [0.2, 0.25) is 0 Å². The molecular weight excluding hydrogens is 254 g/mol. The summed E-state index contributed by atoms with van der Waals surface area (Å²) in [6.45, 7) is 0. The van der Waals surface area contributed by atoms with Crippen molar-refractivity contribution in [2.24, 2.45) is 0 Å². The first kappa shape index (κ1) is 13.0. The first-order valence-electron chi connectivity index (χ1n) is 5.63. The summed E-state index contributed by atoms with van der Waals surface area (Å²) in [5, 5.41) is 20.5. The number of thioether (sulfide) groups is 1. The van der Waals surface area contributed by atoms with E-state index in [1.165, 1.54) is 12.1 Å². The second-order valence-electron chi connectivity index (χ2n) is 4.20. The van der Waals surface area contributed by atoms with Crippen molar-refractivity contribution in [3.05, 3.63) is 39.9 Å². The minimum atomic E-state index is -0.750. The van der Waals surface area contributed by atoms with E-state index in [9.17, 15) is 20.0 Å². The molecule has 0 unspecified atom stereocenters. The van der Waals surface area contributed by atoms with Crippen molar-refractivity contribution in [2.75, 3.05) is 5.75 Å². The van der Waals surface area contributed by atoms with Crippen LogP contribution in [0.3, 0.4) is 0 Å². The molecule has 0 spiro atoms. The Morgan fingerprint density at radius 1 is 1.39 bits per heavy atom. The highest BCUT2D eigenvalue weighted by atomic mass is 32.2. The number of Topliss-reactive ketones (excluding diaryl/α,β-unsaturated/α-hetero) is 1. The van der Waals surface area contributed by atoms with Gasteiger partial charge in [-0.15, -0.1) is 0 Å². The van der Waals surface area contributed by atoms with Gasteiger partial charge in [-0.3, -0.25) is 14.9 Å². The van der Waals surface area contributed by atoms with Crippen molar-refractivity contribution in [1.82, 2.24) is 0 Å². The maximum Gasteiger partial charge on any atom is 0.269 e. The molecular formula is C12H13NO4S. The summed E-state index contributed by atoms with van der Waals surface area (Å²) in [5.74, 6) is 0.896. The van der Waals surface area contributed by atoms with Gasteiger partial charge < -0.3 is 5.11 Å². The second kappa shape index (κ2) is 5.49. The van der Waals surface area contributed by atoms with Crippen LogP contribution in [-0.4, -0.2) is 26.8 Å². The lowest BCUT2D eigenvalue weighted by atomic mass is 10.0. The number of carbonyl (C=O) groups is 1. The Morgan fingerprint density at radius 3 is 2.61 bits per heavy atom. The Balaban J connectivity index is 2.10. The summed E-state index contributed by atoms with van der Waals surface area (Å²) in [5.41, 5.74) is 0.617. The number of hydrogen-bond acceptors (Lipinski definition) is 5. The van der Waals surface area contributed by atoms with E-state index in [0.717, 1.165) is 5.75 Å². The topological polar surface area (TPSA) is 80.4 Å². The Kier molecular flexibility index (Phi) is 3.98. The highest BCUT2D eigenvalue weighted by Gasteiger charge is 2.27. The third kappa shape index (κ3) is 2.88. The van der Waals surface area contributed by atoms with Crippen molar-refractivity contribution >= 4 is 23.2 Å². The number of non-ortho nitro benzene ring substituents is 1. The van der Waals surface area contributed by atoms with E-state index in [2.05, 4.69) is 0 Å². The van der Waals surface area contributed by atoms with Gasteiger partial charge in [0.05, 0.1) is 11.0 Å². The lowest BCUT2D eigenvalue weighted by Gasteiger charge is -2.25. The first-order valence-corrected chi connectivity index (χ1v) is 6.68. The molecule has 1 saturated heterocycles. The molecule has 5 nitrogen and oxygen atoms in total. The van der Waals surface area contributed by atoms with Crippen molar-refractivity contribution in [2.45, 2.75) is 24.2 Å². The van der Waals surface area contributed by atoms with Gasteiger partial charge in [0, 0.05) is 36.0 Å². The number of rotatable bonds is 3. The Bertz CT molecular complexity index is 460. The SMILES string of the molecule is O=C1CCS[C@H]([C@H](O)c2ccc([N+](=O)[O-])cc2)C1. The van der Waals surface area contributed by atoms with Crippen LogP contribution in [-0.2, 0) is 4.79 Å². The summed E-state index contributed by atoms with van der Waals surface area (Å²) in [4.78, 5) is 21.4. The van der Waals surface area contributed by atoms with Crippen LogP contribution in [0.15, 0.2) is 24.3 Å². The van der Waals surface area contributed by atoms with Gasteiger partial charge in [0.1, 0.15) is 5.78 Å². The number of nitro groups is 1. The molecule has 1 aromatic rings. The fourth-order valence-electron chi connectivity index (χ4n) is 1.92. The number of ketones is 1. The molecule has 0 amide bonds. The molecule has 2 rings (SSSR count). The van der Waals surface area contributed by atoms with Gasteiger partial charge in [-0.1, -0.05) is 0 Å². The van der Waals surface area contributed by atoms with Crippen LogP contribution in [0.5, 0.6) is 0 Å². The summed E-state index contributed by atoms with van der Waals surface area (Å²) in [6, 6.07) is 5.83. The van der Waals surface area contributed by atoms with E-state index in [0.29, 0.717) is 18.4 Å². The van der Waals surface area contributed by atoms with E-state index < -0.39 is 11.0 Å². The van der Waals surface area contributed by atoms with Crippen LogP contribution in [0.25, 0.3) is 0 Å².